The van der Waals surface area contributed by atoms with Gasteiger partial charge in [0.05, 0.1) is 23.8 Å². The SMILES string of the molecule is Cc1ccc(-c2c(Cl)cnc3nc(-c4ccc(OCCN5CCOCC5)cc4)[nH]c23)cc1. The van der Waals surface area contributed by atoms with Crippen LogP contribution in [-0.4, -0.2) is 59.3 Å². The van der Waals surface area contributed by atoms with E-state index >= 15 is 0 Å². The molecule has 0 spiro atoms. The van der Waals surface area contributed by atoms with Crippen LogP contribution < -0.4 is 4.74 Å². The molecule has 0 radical (unpaired) electrons. The minimum absolute atomic E-state index is 0.598. The number of aryl methyl sites for hydroxylation is 1. The zero-order valence-electron chi connectivity index (χ0n) is 18.0. The Morgan fingerprint density at radius 1 is 1.03 bits per heavy atom. The topological polar surface area (TPSA) is 63.3 Å². The summed E-state index contributed by atoms with van der Waals surface area (Å²) >= 11 is 6.52. The average molecular weight is 449 g/mol. The summed E-state index contributed by atoms with van der Waals surface area (Å²) in [5.74, 6) is 1.60. The molecule has 3 heterocycles. The molecule has 1 fully saturated rings. The zero-order valence-corrected chi connectivity index (χ0v) is 18.7. The fourth-order valence-electron chi connectivity index (χ4n) is 3.90. The summed E-state index contributed by atoms with van der Waals surface area (Å²) in [6.07, 6.45) is 1.66. The second-order valence-corrected chi connectivity index (χ2v) is 8.37. The third kappa shape index (κ3) is 4.48. The Balaban J connectivity index is 1.34. The lowest BCUT2D eigenvalue weighted by atomic mass is 10.0. The summed E-state index contributed by atoms with van der Waals surface area (Å²) in [6, 6.07) is 16.3. The highest BCUT2D eigenvalue weighted by Crippen LogP contribution is 2.34. The minimum Gasteiger partial charge on any atom is -0.492 e. The number of hydrogen-bond donors (Lipinski definition) is 1. The number of H-pyrrole nitrogens is 1. The van der Waals surface area contributed by atoms with Crippen molar-refractivity contribution < 1.29 is 9.47 Å². The lowest BCUT2D eigenvalue weighted by Crippen LogP contribution is -2.38. The molecule has 2 aromatic heterocycles. The van der Waals surface area contributed by atoms with Gasteiger partial charge in [-0.25, -0.2) is 9.97 Å². The van der Waals surface area contributed by atoms with Crippen LogP contribution in [0.5, 0.6) is 5.75 Å². The molecule has 164 valence electrons. The highest BCUT2D eigenvalue weighted by molar-refractivity contribution is 6.34. The van der Waals surface area contributed by atoms with Crippen LogP contribution >= 0.6 is 11.6 Å². The predicted molar refractivity (Wildman–Crippen MR) is 127 cm³/mol. The van der Waals surface area contributed by atoms with Crippen molar-refractivity contribution in [3.05, 3.63) is 65.3 Å². The number of aromatic amines is 1. The van der Waals surface area contributed by atoms with Gasteiger partial charge in [0.2, 0.25) is 0 Å². The van der Waals surface area contributed by atoms with Crippen molar-refractivity contribution in [3.8, 4) is 28.3 Å². The largest absolute Gasteiger partial charge is 0.492 e. The summed E-state index contributed by atoms with van der Waals surface area (Å²) in [5.41, 5.74) is 5.60. The summed E-state index contributed by atoms with van der Waals surface area (Å²) in [4.78, 5) is 14.9. The number of pyridine rings is 1. The molecule has 1 saturated heterocycles. The molecular weight excluding hydrogens is 424 g/mol. The average Bonchev–Trinajstić information content (AvgIpc) is 3.25. The number of benzene rings is 2. The minimum atomic E-state index is 0.598. The van der Waals surface area contributed by atoms with Crippen molar-refractivity contribution in [1.29, 1.82) is 0 Å². The van der Waals surface area contributed by atoms with E-state index in [1.165, 1.54) is 5.56 Å². The van der Waals surface area contributed by atoms with Crippen molar-refractivity contribution >= 4 is 22.8 Å². The maximum absolute atomic E-state index is 6.52. The first-order valence-corrected chi connectivity index (χ1v) is 11.2. The zero-order chi connectivity index (χ0) is 21.9. The van der Waals surface area contributed by atoms with Gasteiger partial charge in [0.25, 0.3) is 0 Å². The van der Waals surface area contributed by atoms with Crippen LogP contribution in [0.4, 0.5) is 0 Å². The highest BCUT2D eigenvalue weighted by Gasteiger charge is 2.15. The first-order chi connectivity index (χ1) is 15.7. The Labute approximate surface area is 192 Å². The molecule has 6 nitrogen and oxygen atoms in total. The first-order valence-electron chi connectivity index (χ1n) is 10.8. The number of halogens is 1. The third-order valence-corrected chi connectivity index (χ3v) is 6.01. The normalized spacial score (nSPS) is 14.7. The molecule has 1 aliphatic heterocycles. The number of aromatic nitrogens is 3. The Kier molecular flexibility index (Phi) is 6.08. The van der Waals surface area contributed by atoms with Gasteiger partial charge in [-0.1, -0.05) is 41.4 Å². The number of hydrogen-bond acceptors (Lipinski definition) is 5. The van der Waals surface area contributed by atoms with Crippen molar-refractivity contribution in [1.82, 2.24) is 19.9 Å². The molecule has 5 rings (SSSR count). The molecule has 4 aromatic rings. The molecule has 0 unspecified atom stereocenters. The third-order valence-electron chi connectivity index (χ3n) is 5.72. The molecule has 1 N–H and O–H groups in total. The van der Waals surface area contributed by atoms with Crippen LogP contribution in [0.3, 0.4) is 0 Å². The van der Waals surface area contributed by atoms with Crippen LogP contribution in [0.15, 0.2) is 54.7 Å². The number of morpholine rings is 1. The summed E-state index contributed by atoms with van der Waals surface area (Å²) in [7, 11) is 0. The summed E-state index contributed by atoms with van der Waals surface area (Å²) in [6.45, 7) is 7.18. The number of ether oxygens (including phenoxy) is 2. The Morgan fingerprint density at radius 2 is 1.75 bits per heavy atom. The van der Waals surface area contributed by atoms with Crippen LogP contribution in [0, 0.1) is 6.92 Å². The van der Waals surface area contributed by atoms with E-state index in [-0.39, 0.29) is 0 Å². The number of imidazole rings is 1. The van der Waals surface area contributed by atoms with Crippen LogP contribution in [0.25, 0.3) is 33.7 Å². The monoisotopic (exact) mass is 448 g/mol. The van der Waals surface area contributed by atoms with Gasteiger partial charge < -0.3 is 14.5 Å². The maximum atomic E-state index is 6.52. The molecule has 1 aliphatic rings. The van der Waals surface area contributed by atoms with E-state index in [0.29, 0.717) is 17.3 Å². The number of nitrogens with zero attached hydrogens (tertiary/aromatic N) is 3. The predicted octanol–water partition coefficient (Wildman–Crippen LogP) is 4.96. The van der Waals surface area contributed by atoms with Crippen LogP contribution in [-0.2, 0) is 4.74 Å². The van der Waals surface area contributed by atoms with E-state index in [1.54, 1.807) is 6.20 Å². The quantitative estimate of drug-likeness (QED) is 0.451. The first kappa shape index (κ1) is 20.9. The molecule has 7 heteroatoms. The number of fused-ring (bicyclic) bond motifs is 1. The summed E-state index contributed by atoms with van der Waals surface area (Å²) in [5, 5.41) is 0.598. The van der Waals surface area contributed by atoms with E-state index in [0.717, 1.165) is 66.6 Å². The second kappa shape index (κ2) is 9.28. The van der Waals surface area contributed by atoms with E-state index in [4.69, 9.17) is 26.1 Å². The molecule has 32 heavy (non-hydrogen) atoms. The fraction of sp³-hybridized carbons (Fsp3) is 0.280. The highest BCUT2D eigenvalue weighted by atomic mass is 35.5. The molecular formula is C25H25ClN4O2. The van der Waals surface area contributed by atoms with Gasteiger partial charge in [0.15, 0.2) is 5.65 Å². The van der Waals surface area contributed by atoms with Gasteiger partial charge in [0.1, 0.15) is 18.2 Å². The molecule has 2 aromatic carbocycles. The Hall–Kier alpha value is -2.93. The molecule has 0 amide bonds. The van der Waals surface area contributed by atoms with E-state index in [1.807, 2.05) is 24.3 Å². The van der Waals surface area contributed by atoms with Gasteiger partial charge in [0, 0.05) is 37.0 Å². The molecule has 0 atom stereocenters. The van der Waals surface area contributed by atoms with Crippen molar-refractivity contribution in [2.24, 2.45) is 0 Å². The van der Waals surface area contributed by atoms with E-state index < -0.39 is 0 Å². The lowest BCUT2D eigenvalue weighted by molar-refractivity contribution is 0.0322. The number of rotatable bonds is 6. The number of nitrogens with one attached hydrogen (secondary N) is 1. The molecule has 0 bridgehead atoms. The summed E-state index contributed by atoms with van der Waals surface area (Å²) < 4.78 is 11.3. The molecule has 0 aliphatic carbocycles. The van der Waals surface area contributed by atoms with Crippen LogP contribution in [0.1, 0.15) is 5.56 Å². The van der Waals surface area contributed by atoms with Gasteiger partial charge >= 0.3 is 0 Å². The van der Waals surface area contributed by atoms with Crippen molar-refractivity contribution in [2.75, 3.05) is 39.5 Å². The van der Waals surface area contributed by atoms with Gasteiger partial charge in [-0.05, 0) is 36.8 Å². The van der Waals surface area contributed by atoms with Crippen molar-refractivity contribution in [3.63, 3.8) is 0 Å². The lowest BCUT2D eigenvalue weighted by Gasteiger charge is -2.26. The maximum Gasteiger partial charge on any atom is 0.178 e. The standard InChI is InChI=1S/C25H25ClN4O2/c1-17-2-4-18(5-3-17)22-21(26)16-27-25-23(22)28-24(29-25)19-6-8-20(9-7-19)32-15-12-30-10-13-31-14-11-30/h2-9,16H,10-15H2,1H3,(H,27,28,29). The van der Waals surface area contributed by atoms with Gasteiger partial charge in [-0.3, -0.25) is 4.90 Å². The fourth-order valence-corrected chi connectivity index (χ4v) is 4.15. The second-order valence-electron chi connectivity index (χ2n) is 7.96. The Bertz CT molecular complexity index is 1200. The van der Waals surface area contributed by atoms with Gasteiger partial charge in [-0.15, -0.1) is 0 Å². The van der Waals surface area contributed by atoms with E-state index in [9.17, 15) is 0 Å². The van der Waals surface area contributed by atoms with E-state index in [2.05, 4.69) is 46.1 Å². The van der Waals surface area contributed by atoms with Crippen LogP contribution in [0.2, 0.25) is 5.02 Å². The smallest absolute Gasteiger partial charge is 0.178 e. The Morgan fingerprint density at radius 3 is 2.50 bits per heavy atom. The molecule has 0 saturated carbocycles. The van der Waals surface area contributed by atoms with Gasteiger partial charge in [-0.2, -0.15) is 0 Å². The van der Waals surface area contributed by atoms with Crippen molar-refractivity contribution in [2.45, 2.75) is 6.92 Å².